The minimum Gasteiger partial charge on any atom is -0.478 e. The molecule has 2 rings (SSSR count). The minimum atomic E-state index is -1.15. The van der Waals surface area contributed by atoms with E-state index in [-0.39, 0.29) is 11.1 Å². The van der Waals surface area contributed by atoms with Gasteiger partial charge in [-0.05, 0) is 24.6 Å². The monoisotopic (exact) mass is 282 g/mol. The number of carboxylic acids is 1. The Kier molecular flexibility index (Phi) is 4.46. The second kappa shape index (κ2) is 6.47. The summed E-state index contributed by atoms with van der Waals surface area (Å²) in [5.74, 6) is -1.71. The Labute approximate surface area is 121 Å². The summed E-state index contributed by atoms with van der Waals surface area (Å²) in [5, 5.41) is 12.9. The maximum atomic E-state index is 11.9. The van der Waals surface area contributed by atoms with Gasteiger partial charge in [-0.3, -0.25) is 4.79 Å². The van der Waals surface area contributed by atoms with Gasteiger partial charge in [-0.15, -0.1) is 0 Å². The lowest BCUT2D eigenvalue weighted by atomic mass is 10.1. The topological polar surface area (TPSA) is 78.8 Å². The zero-order valence-electron chi connectivity index (χ0n) is 11.4. The average Bonchev–Trinajstić information content (AvgIpc) is 2.49. The molecule has 2 N–H and O–H groups in total. The maximum absolute atomic E-state index is 11.9. The third kappa shape index (κ3) is 3.76. The lowest BCUT2D eigenvalue weighted by Crippen LogP contribution is -2.20. The number of amides is 1. The molecule has 0 saturated carbocycles. The molecule has 0 aliphatic rings. The largest absolute Gasteiger partial charge is 0.478 e. The number of hydrogen-bond acceptors (Lipinski definition) is 3. The highest BCUT2D eigenvalue weighted by atomic mass is 16.4. The molecule has 0 aliphatic heterocycles. The van der Waals surface area contributed by atoms with E-state index in [9.17, 15) is 9.59 Å². The molecule has 106 valence electrons. The van der Waals surface area contributed by atoms with Gasteiger partial charge >= 0.3 is 5.97 Å². The molecule has 21 heavy (non-hydrogen) atoms. The first-order valence-electron chi connectivity index (χ1n) is 6.30. The molecule has 0 aliphatic carbocycles. The number of nitrogens with zero attached hydrogens (tertiary/aromatic N) is 1. The zero-order valence-corrected chi connectivity index (χ0v) is 11.4. The van der Waals surface area contributed by atoms with Crippen LogP contribution in [0.2, 0.25) is 0 Å². The summed E-state index contributed by atoms with van der Waals surface area (Å²) >= 11 is 0. The highest BCUT2D eigenvalue weighted by Gasteiger charge is 2.14. The SMILES string of the molecule is Cc1ccc(/C=N/NC(=O)c2ccccc2C(=O)O)cc1. The fourth-order valence-corrected chi connectivity index (χ4v) is 1.75. The van der Waals surface area contributed by atoms with Crippen LogP contribution in [-0.2, 0) is 0 Å². The van der Waals surface area contributed by atoms with Crippen LogP contribution < -0.4 is 5.43 Å². The number of nitrogens with one attached hydrogen (secondary N) is 1. The number of carbonyl (C=O) groups is 2. The highest BCUT2D eigenvalue weighted by molar-refractivity contribution is 6.04. The van der Waals surface area contributed by atoms with Crippen molar-refractivity contribution >= 4 is 18.1 Å². The van der Waals surface area contributed by atoms with Gasteiger partial charge in [0.15, 0.2) is 0 Å². The van der Waals surface area contributed by atoms with Crippen molar-refractivity contribution in [1.29, 1.82) is 0 Å². The maximum Gasteiger partial charge on any atom is 0.336 e. The molecular weight excluding hydrogens is 268 g/mol. The number of carbonyl (C=O) groups excluding carboxylic acids is 1. The summed E-state index contributed by atoms with van der Waals surface area (Å²) in [7, 11) is 0. The lowest BCUT2D eigenvalue weighted by Gasteiger charge is -2.03. The third-order valence-electron chi connectivity index (χ3n) is 2.86. The van der Waals surface area contributed by atoms with Crippen molar-refractivity contribution < 1.29 is 14.7 Å². The molecule has 2 aromatic rings. The molecule has 0 spiro atoms. The Morgan fingerprint density at radius 3 is 2.29 bits per heavy atom. The van der Waals surface area contributed by atoms with Gasteiger partial charge in [0.25, 0.3) is 5.91 Å². The summed E-state index contributed by atoms with van der Waals surface area (Å²) in [5.41, 5.74) is 4.32. The van der Waals surface area contributed by atoms with Crippen molar-refractivity contribution in [3.63, 3.8) is 0 Å². The van der Waals surface area contributed by atoms with E-state index in [2.05, 4.69) is 10.5 Å². The van der Waals surface area contributed by atoms with Gasteiger partial charge in [-0.25, -0.2) is 10.2 Å². The van der Waals surface area contributed by atoms with Crippen molar-refractivity contribution in [2.75, 3.05) is 0 Å². The lowest BCUT2D eigenvalue weighted by molar-refractivity contribution is 0.0691. The van der Waals surface area contributed by atoms with E-state index < -0.39 is 11.9 Å². The average molecular weight is 282 g/mol. The van der Waals surface area contributed by atoms with Crippen LogP contribution in [0.5, 0.6) is 0 Å². The van der Waals surface area contributed by atoms with Gasteiger partial charge in [-0.2, -0.15) is 5.10 Å². The molecule has 0 aromatic heterocycles. The van der Waals surface area contributed by atoms with Crippen LogP contribution in [0.1, 0.15) is 31.8 Å². The molecule has 0 fully saturated rings. The van der Waals surface area contributed by atoms with E-state index in [1.807, 2.05) is 31.2 Å². The fraction of sp³-hybridized carbons (Fsp3) is 0.0625. The van der Waals surface area contributed by atoms with Crippen LogP contribution in [0, 0.1) is 6.92 Å². The van der Waals surface area contributed by atoms with Crippen LogP contribution in [0.15, 0.2) is 53.6 Å². The number of rotatable bonds is 4. The summed E-state index contributed by atoms with van der Waals surface area (Å²) < 4.78 is 0. The van der Waals surface area contributed by atoms with E-state index in [0.29, 0.717) is 0 Å². The smallest absolute Gasteiger partial charge is 0.336 e. The number of aryl methyl sites for hydroxylation is 1. The van der Waals surface area contributed by atoms with E-state index in [0.717, 1.165) is 11.1 Å². The Bertz CT molecular complexity index is 691. The normalized spacial score (nSPS) is 10.5. The van der Waals surface area contributed by atoms with Gasteiger partial charge in [0.05, 0.1) is 17.3 Å². The van der Waals surface area contributed by atoms with Crippen LogP contribution in [0.4, 0.5) is 0 Å². The van der Waals surface area contributed by atoms with Crippen molar-refractivity contribution in [2.24, 2.45) is 5.10 Å². The Hall–Kier alpha value is -2.95. The van der Waals surface area contributed by atoms with Gasteiger partial charge < -0.3 is 5.11 Å². The van der Waals surface area contributed by atoms with Crippen LogP contribution >= 0.6 is 0 Å². The molecule has 5 heteroatoms. The number of hydrogen-bond donors (Lipinski definition) is 2. The van der Waals surface area contributed by atoms with Gasteiger partial charge in [0, 0.05) is 0 Å². The van der Waals surface area contributed by atoms with E-state index in [1.54, 1.807) is 12.1 Å². The molecule has 0 bridgehead atoms. The zero-order chi connectivity index (χ0) is 15.2. The second-order valence-corrected chi connectivity index (χ2v) is 4.46. The molecular formula is C16H14N2O3. The first kappa shape index (κ1) is 14.5. The Morgan fingerprint density at radius 1 is 1.05 bits per heavy atom. The van der Waals surface area contributed by atoms with Crippen molar-refractivity contribution in [3.05, 3.63) is 70.8 Å². The first-order chi connectivity index (χ1) is 10.1. The van der Waals surface area contributed by atoms with E-state index in [4.69, 9.17) is 5.11 Å². The predicted molar refractivity (Wildman–Crippen MR) is 79.6 cm³/mol. The molecule has 0 atom stereocenters. The number of carboxylic acid groups (broad SMARTS) is 1. The first-order valence-corrected chi connectivity index (χ1v) is 6.30. The molecule has 5 nitrogen and oxygen atoms in total. The summed E-state index contributed by atoms with van der Waals surface area (Å²) in [4.78, 5) is 23.0. The summed E-state index contributed by atoms with van der Waals surface area (Å²) in [6.45, 7) is 1.98. The van der Waals surface area contributed by atoms with Gasteiger partial charge in [-0.1, -0.05) is 42.0 Å². The van der Waals surface area contributed by atoms with E-state index >= 15 is 0 Å². The number of benzene rings is 2. The fourth-order valence-electron chi connectivity index (χ4n) is 1.75. The van der Waals surface area contributed by atoms with E-state index in [1.165, 1.54) is 18.3 Å². The molecule has 1 amide bonds. The number of aromatic carboxylic acids is 1. The standard InChI is InChI=1S/C16H14N2O3/c1-11-6-8-12(9-7-11)10-17-18-15(19)13-4-2-3-5-14(13)16(20)21/h2-10H,1H3,(H,18,19)(H,20,21)/b17-10+. The Balaban J connectivity index is 2.08. The predicted octanol–water partition coefficient (Wildman–Crippen LogP) is 2.46. The molecule has 0 unspecified atom stereocenters. The molecule has 0 heterocycles. The number of hydrazone groups is 1. The van der Waals surface area contributed by atoms with Crippen LogP contribution in [0.3, 0.4) is 0 Å². The molecule has 0 radical (unpaired) electrons. The van der Waals surface area contributed by atoms with Crippen LogP contribution in [-0.4, -0.2) is 23.2 Å². The van der Waals surface area contributed by atoms with Gasteiger partial charge in [0.1, 0.15) is 0 Å². The highest BCUT2D eigenvalue weighted by Crippen LogP contribution is 2.08. The van der Waals surface area contributed by atoms with Gasteiger partial charge in [0.2, 0.25) is 0 Å². The van der Waals surface area contributed by atoms with Crippen LogP contribution in [0.25, 0.3) is 0 Å². The summed E-state index contributed by atoms with van der Waals surface area (Å²) in [6.07, 6.45) is 1.50. The minimum absolute atomic E-state index is 0.0551. The van der Waals surface area contributed by atoms with Crippen molar-refractivity contribution in [3.8, 4) is 0 Å². The van der Waals surface area contributed by atoms with Crippen molar-refractivity contribution in [2.45, 2.75) is 6.92 Å². The third-order valence-corrected chi connectivity index (χ3v) is 2.86. The summed E-state index contributed by atoms with van der Waals surface area (Å²) in [6, 6.07) is 13.6. The second-order valence-electron chi connectivity index (χ2n) is 4.46. The molecule has 0 saturated heterocycles. The Morgan fingerprint density at radius 2 is 1.67 bits per heavy atom. The molecule has 2 aromatic carbocycles. The quantitative estimate of drug-likeness (QED) is 0.668. The van der Waals surface area contributed by atoms with Crippen molar-refractivity contribution in [1.82, 2.24) is 5.43 Å².